The van der Waals surface area contributed by atoms with Crippen LogP contribution in [-0.2, 0) is 4.79 Å². The fourth-order valence-electron chi connectivity index (χ4n) is 1.36. The molecule has 0 saturated heterocycles. The molecule has 1 rings (SSSR count). The lowest BCUT2D eigenvalue weighted by Gasteiger charge is -2.22. The molecule has 0 aromatic heterocycles. The SMILES string of the molecule is N#Cc1cccc(NC(=O)C(C(F)(F)F)C(F)(F)F)c1. The van der Waals surface area contributed by atoms with Crippen LogP contribution in [0.1, 0.15) is 5.56 Å². The molecular weight excluding hydrogens is 290 g/mol. The fourth-order valence-corrected chi connectivity index (χ4v) is 1.36. The van der Waals surface area contributed by atoms with Gasteiger partial charge in [0.05, 0.1) is 11.6 Å². The quantitative estimate of drug-likeness (QED) is 0.852. The first kappa shape index (κ1) is 15.8. The zero-order chi connectivity index (χ0) is 15.6. The first-order chi connectivity index (χ1) is 9.05. The van der Waals surface area contributed by atoms with Crippen molar-refractivity contribution in [2.45, 2.75) is 12.4 Å². The number of carbonyl (C=O) groups excluding carboxylic acids is 1. The lowest BCUT2D eigenvalue weighted by Crippen LogP contribution is -2.45. The molecule has 108 valence electrons. The van der Waals surface area contributed by atoms with Gasteiger partial charge in [-0.1, -0.05) is 6.07 Å². The van der Waals surface area contributed by atoms with Gasteiger partial charge in [0.1, 0.15) is 0 Å². The molecule has 0 atom stereocenters. The summed E-state index contributed by atoms with van der Waals surface area (Å²) in [7, 11) is 0. The Morgan fingerprint density at radius 3 is 2.15 bits per heavy atom. The van der Waals surface area contributed by atoms with E-state index < -0.39 is 24.2 Å². The van der Waals surface area contributed by atoms with Crippen molar-refractivity contribution in [1.29, 1.82) is 5.26 Å². The first-order valence-electron chi connectivity index (χ1n) is 5.00. The number of nitrogens with one attached hydrogen (secondary N) is 1. The second kappa shape index (κ2) is 5.40. The number of hydrogen-bond donors (Lipinski definition) is 1. The number of benzene rings is 1. The highest BCUT2D eigenvalue weighted by atomic mass is 19.4. The van der Waals surface area contributed by atoms with Crippen LogP contribution >= 0.6 is 0 Å². The molecular formula is C11H6F6N2O. The Morgan fingerprint density at radius 1 is 1.15 bits per heavy atom. The summed E-state index contributed by atoms with van der Waals surface area (Å²) in [5.74, 6) is -6.37. The van der Waals surface area contributed by atoms with Crippen LogP contribution in [0.5, 0.6) is 0 Å². The van der Waals surface area contributed by atoms with E-state index in [-0.39, 0.29) is 11.3 Å². The molecule has 1 aromatic carbocycles. The van der Waals surface area contributed by atoms with Gasteiger partial charge in [-0.05, 0) is 18.2 Å². The van der Waals surface area contributed by atoms with Crippen LogP contribution in [0.4, 0.5) is 32.0 Å². The molecule has 9 heteroatoms. The van der Waals surface area contributed by atoms with Crippen LogP contribution < -0.4 is 5.32 Å². The van der Waals surface area contributed by atoms with Crippen molar-refractivity contribution in [2.75, 3.05) is 5.32 Å². The second-order valence-corrected chi connectivity index (χ2v) is 3.70. The molecule has 1 N–H and O–H groups in total. The number of alkyl halides is 6. The highest BCUT2D eigenvalue weighted by Crippen LogP contribution is 2.39. The van der Waals surface area contributed by atoms with Crippen molar-refractivity contribution < 1.29 is 31.1 Å². The van der Waals surface area contributed by atoms with Crippen LogP contribution in [0, 0.1) is 17.2 Å². The van der Waals surface area contributed by atoms with Crippen LogP contribution in [-0.4, -0.2) is 18.3 Å². The smallest absolute Gasteiger partial charge is 0.325 e. The van der Waals surface area contributed by atoms with E-state index in [1.54, 1.807) is 6.07 Å². The van der Waals surface area contributed by atoms with Gasteiger partial charge in [-0.3, -0.25) is 4.79 Å². The van der Waals surface area contributed by atoms with Crippen molar-refractivity contribution >= 4 is 11.6 Å². The van der Waals surface area contributed by atoms with Gasteiger partial charge < -0.3 is 5.32 Å². The van der Waals surface area contributed by atoms with Crippen LogP contribution in [0.3, 0.4) is 0 Å². The van der Waals surface area contributed by atoms with Gasteiger partial charge >= 0.3 is 12.4 Å². The average molecular weight is 296 g/mol. The number of anilines is 1. The van der Waals surface area contributed by atoms with E-state index in [1.165, 1.54) is 17.4 Å². The lowest BCUT2D eigenvalue weighted by molar-refractivity contribution is -0.272. The Bertz CT molecular complexity index is 529. The second-order valence-electron chi connectivity index (χ2n) is 3.70. The lowest BCUT2D eigenvalue weighted by atomic mass is 10.1. The van der Waals surface area contributed by atoms with E-state index in [1.807, 2.05) is 0 Å². The molecule has 0 bridgehead atoms. The third-order valence-electron chi connectivity index (χ3n) is 2.18. The first-order valence-corrected chi connectivity index (χ1v) is 5.00. The molecule has 0 aliphatic carbocycles. The highest BCUT2D eigenvalue weighted by Gasteiger charge is 2.61. The summed E-state index contributed by atoms with van der Waals surface area (Å²) < 4.78 is 73.7. The summed E-state index contributed by atoms with van der Waals surface area (Å²) in [6.07, 6.45) is -11.5. The molecule has 0 aliphatic heterocycles. The van der Waals surface area contributed by atoms with Crippen LogP contribution in [0.25, 0.3) is 0 Å². The number of halogens is 6. The Hall–Kier alpha value is -2.24. The summed E-state index contributed by atoms with van der Waals surface area (Å²) in [6.45, 7) is 0. The monoisotopic (exact) mass is 296 g/mol. The summed E-state index contributed by atoms with van der Waals surface area (Å²) in [5, 5.41) is 10.0. The van der Waals surface area contributed by atoms with Gasteiger partial charge in [-0.2, -0.15) is 31.6 Å². The van der Waals surface area contributed by atoms with E-state index >= 15 is 0 Å². The zero-order valence-corrected chi connectivity index (χ0v) is 9.51. The fraction of sp³-hybridized carbons (Fsp3) is 0.273. The molecule has 0 radical (unpaired) electrons. The van der Waals surface area contributed by atoms with Gasteiger partial charge in [0.2, 0.25) is 11.8 Å². The molecule has 20 heavy (non-hydrogen) atoms. The third-order valence-corrected chi connectivity index (χ3v) is 2.18. The maximum atomic E-state index is 12.3. The Labute approximate surface area is 108 Å². The van der Waals surface area contributed by atoms with E-state index in [0.717, 1.165) is 12.1 Å². The number of carbonyl (C=O) groups is 1. The molecule has 0 unspecified atom stereocenters. The molecule has 0 saturated carbocycles. The van der Waals surface area contributed by atoms with E-state index in [2.05, 4.69) is 0 Å². The maximum Gasteiger partial charge on any atom is 0.409 e. The van der Waals surface area contributed by atoms with Crippen molar-refractivity contribution in [1.82, 2.24) is 0 Å². The summed E-state index contributed by atoms with van der Waals surface area (Å²) >= 11 is 0. The molecule has 0 aliphatic rings. The van der Waals surface area contributed by atoms with Gasteiger partial charge in [-0.25, -0.2) is 0 Å². The number of amides is 1. The Kier molecular flexibility index (Phi) is 4.27. The summed E-state index contributed by atoms with van der Waals surface area (Å²) in [4.78, 5) is 11.2. The molecule has 1 amide bonds. The molecule has 1 aromatic rings. The van der Waals surface area contributed by atoms with E-state index in [0.29, 0.717) is 0 Å². The predicted molar refractivity (Wildman–Crippen MR) is 55.4 cm³/mol. The molecule has 0 spiro atoms. The number of rotatable bonds is 2. The number of nitrogens with zero attached hydrogens (tertiary/aromatic N) is 1. The molecule has 3 nitrogen and oxygen atoms in total. The van der Waals surface area contributed by atoms with E-state index in [4.69, 9.17) is 5.26 Å². The largest absolute Gasteiger partial charge is 0.409 e. The Morgan fingerprint density at radius 2 is 1.70 bits per heavy atom. The minimum atomic E-state index is -5.75. The van der Waals surface area contributed by atoms with Crippen molar-refractivity contribution in [3.05, 3.63) is 29.8 Å². The Balaban J connectivity index is 3.01. The van der Waals surface area contributed by atoms with E-state index in [9.17, 15) is 31.1 Å². The summed E-state index contributed by atoms with van der Waals surface area (Å²) in [5.41, 5.74) is -0.342. The van der Waals surface area contributed by atoms with Gasteiger partial charge in [0.25, 0.3) is 0 Å². The van der Waals surface area contributed by atoms with Crippen molar-refractivity contribution in [2.24, 2.45) is 5.92 Å². The highest BCUT2D eigenvalue weighted by molar-refractivity contribution is 5.93. The minimum absolute atomic E-state index is 0.0154. The predicted octanol–water partition coefficient (Wildman–Crippen LogP) is 3.24. The number of hydrogen-bond acceptors (Lipinski definition) is 2. The topological polar surface area (TPSA) is 52.9 Å². The average Bonchev–Trinajstić information content (AvgIpc) is 2.24. The van der Waals surface area contributed by atoms with Gasteiger partial charge in [-0.15, -0.1) is 0 Å². The number of nitriles is 1. The van der Waals surface area contributed by atoms with Crippen molar-refractivity contribution in [3.8, 4) is 6.07 Å². The van der Waals surface area contributed by atoms with Crippen LogP contribution in [0.15, 0.2) is 24.3 Å². The minimum Gasteiger partial charge on any atom is -0.325 e. The zero-order valence-electron chi connectivity index (χ0n) is 9.51. The maximum absolute atomic E-state index is 12.3. The standard InChI is InChI=1S/C11H6F6N2O/c12-10(13,14)8(11(15,16)17)9(20)19-7-3-1-2-6(4-7)5-18/h1-4,8H,(H,19,20). The van der Waals surface area contributed by atoms with Gasteiger partial charge in [0, 0.05) is 5.69 Å². The molecule has 0 heterocycles. The molecule has 0 fully saturated rings. The summed E-state index contributed by atoms with van der Waals surface area (Å²) in [6, 6.07) is 6.16. The van der Waals surface area contributed by atoms with Crippen LogP contribution in [0.2, 0.25) is 0 Å². The van der Waals surface area contributed by atoms with Gasteiger partial charge in [0.15, 0.2) is 0 Å². The van der Waals surface area contributed by atoms with Crippen molar-refractivity contribution in [3.63, 3.8) is 0 Å². The normalized spacial score (nSPS) is 12.1. The third kappa shape index (κ3) is 3.88.